The van der Waals surface area contributed by atoms with Gasteiger partial charge in [0.1, 0.15) is 16.4 Å². The Morgan fingerprint density at radius 1 is 1.11 bits per heavy atom. The average Bonchev–Trinajstić information content (AvgIpc) is 3.47. The van der Waals surface area contributed by atoms with Crippen LogP contribution in [0.5, 0.6) is 0 Å². The first kappa shape index (κ1) is 25.9. The number of halogens is 1. The highest BCUT2D eigenvalue weighted by molar-refractivity contribution is 7.99. The molecule has 4 aromatic rings. The highest BCUT2D eigenvalue weighted by atomic mass is 35.5. The van der Waals surface area contributed by atoms with Crippen LogP contribution in [0.2, 0.25) is 5.02 Å². The second kappa shape index (κ2) is 11.7. The number of methoxy groups -OCH3 is 1. The zero-order chi connectivity index (χ0) is 25.7. The van der Waals surface area contributed by atoms with Gasteiger partial charge in [0.2, 0.25) is 5.91 Å². The predicted octanol–water partition coefficient (Wildman–Crippen LogP) is 6.10. The first-order valence-corrected chi connectivity index (χ1v) is 13.5. The quantitative estimate of drug-likeness (QED) is 0.204. The van der Waals surface area contributed by atoms with Gasteiger partial charge in [-0.15, -0.1) is 21.5 Å². The molecule has 0 atom stereocenters. The van der Waals surface area contributed by atoms with E-state index in [9.17, 15) is 9.59 Å². The van der Waals surface area contributed by atoms with Crippen molar-refractivity contribution in [1.82, 2.24) is 14.8 Å². The van der Waals surface area contributed by atoms with Gasteiger partial charge in [-0.3, -0.25) is 4.79 Å². The summed E-state index contributed by atoms with van der Waals surface area (Å²) in [6.45, 7) is 4.69. The molecular formula is C26H25ClN4O3S2. The van der Waals surface area contributed by atoms with Crippen LogP contribution in [-0.4, -0.2) is 39.5 Å². The lowest BCUT2D eigenvalue weighted by atomic mass is 10.0. The number of nitrogens with zero attached hydrogens (tertiary/aromatic N) is 3. The van der Waals surface area contributed by atoms with E-state index in [4.69, 9.17) is 16.3 Å². The number of hydrogen-bond acceptors (Lipinski definition) is 7. The molecule has 2 aromatic heterocycles. The van der Waals surface area contributed by atoms with Gasteiger partial charge in [-0.25, -0.2) is 4.79 Å². The average molecular weight is 541 g/mol. The van der Waals surface area contributed by atoms with Crippen molar-refractivity contribution in [2.24, 2.45) is 0 Å². The maximum absolute atomic E-state index is 12.8. The molecule has 0 spiro atoms. The van der Waals surface area contributed by atoms with Crippen molar-refractivity contribution in [2.75, 3.05) is 18.2 Å². The van der Waals surface area contributed by atoms with Crippen molar-refractivity contribution in [3.63, 3.8) is 0 Å². The number of aromatic nitrogens is 3. The SMILES string of the molecule is CCn1c(Cc2ccc(Cl)cc2)nnc1SCC(=O)Nc1scc(-c2ccc(C)cc2)c1C(=O)OC. The van der Waals surface area contributed by atoms with Crippen molar-refractivity contribution in [2.45, 2.75) is 32.0 Å². The van der Waals surface area contributed by atoms with Crippen molar-refractivity contribution in [3.05, 3.63) is 81.4 Å². The van der Waals surface area contributed by atoms with Gasteiger partial charge in [0, 0.05) is 28.9 Å². The molecule has 0 radical (unpaired) electrons. The third-order valence-electron chi connectivity index (χ3n) is 5.51. The highest BCUT2D eigenvalue weighted by Crippen LogP contribution is 2.36. The van der Waals surface area contributed by atoms with Gasteiger partial charge in [0.05, 0.1) is 12.9 Å². The number of hydrogen-bond donors (Lipinski definition) is 1. The Morgan fingerprint density at radius 3 is 2.50 bits per heavy atom. The molecule has 4 rings (SSSR count). The number of thioether (sulfide) groups is 1. The fourth-order valence-electron chi connectivity index (χ4n) is 3.65. The van der Waals surface area contributed by atoms with Crippen molar-refractivity contribution in [1.29, 1.82) is 0 Å². The van der Waals surface area contributed by atoms with Crippen LogP contribution in [-0.2, 0) is 22.5 Å². The van der Waals surface area contributed by atoms with Crippen molar-refractivity contribution < 1.29 is 14.3 Å². The van der Waals surface area contributed by atoms with Crippen LogP contribution in [0.4, 0.5) is 5.00 Å². The molecule has 0 unspecified atom stereocenters. The van der Waals surface area contributed by atoms with Crippen LogP contribution < -0.4 is 5.32 Å². The smallest absolute Gasteiger partial charge is 0.341 e. The molecule has 186 valence electrons. The van der Waals surface area contributed by atoms with E-state index in [0.29, 0.717) is 33.7 Å². The molecule has 0 aliphatic heterocycles. The van der Waals surface area contributed by atoms with E-state index in [1.165, 1.54) is 30.2 Å². The summed E-state index contributed by atoms with van der Waals surface area (Å²) in [6, 6.07) is 15.5. The largest absolute Gasteiger partial charge is 0.465 e. The molecule has 0 saturated carbocycles. The zero-order valence-electron chi connectivity index (χ0n) is 20.1. The molecule has 2 heterocycles. The Morgan fingerprint density at radius 2 is 1.83 bits per heavy atom. The number of rotatable bonds is 9. The van der Waals surface area contributed by atoms with Crippen LogP contribution in [0.15, 0.2) is 59.1 Å². The summed E-state index contributed by atoms with van der Waals surface area (Å²) in [5.74, 6) is 0.202. The lowest BCUT2D eigenvalue weighted by Crippen LogP contribution is -2.16. The number of nitrogens with one attached hydrogen (secondary N) is 1. The van der Waals surface area contributed by atoms with Crippen molar-refractivity contribution in [3.8, 4) is 11.1 Å². The molecule has 36 heavy (non-hydrogen) atoms. The third-order valence-corrected chi connectivity index (χ3v) is 7.63. The number of anilines is 1. The summed E-state index contributed by atoms with van der Waals surface area (Å²) in [4.78, 5) is 25.4. The Kier molecular flexibility index (Phi) is 8.45. The van der Waals surface area contributed by atoms with Crippen LogP contribution in [0.25, 0.3) is 11.1 Å². The topological polar surface area (TPSA) is 86.1 Å². The fourth-order valence-corrected chi connectivity index (χ4v) is 5.57. The molecular weight excluding hydrogens is 516 g/mol. The summed E-state index contributed by atoms with van der Waals surface area (Å²) in [6.07, 6.45) is 0.615. The Balaban J connectivity index is 1.46. The van der Waals surface area contributed by atoms with Gasteiger partial charge in [-0.1, -0.05) is 65.3 Å². The minimum absolute atomic E-state index is 0.122. The molecule has 10 heteroatoms. The molecule has 0 aliphatic carbocycles. The van der Waals surface area contributed by atoms with Crippen LogP contribution >= 0.6 is 34.7 Å². The summed E-state index contributed by atoms with van der Waals surface area (Å²) in [5, 5.41) is 15.2. The van der Waals surface area contributed by atoms with E-state index in [0.717, 1.165) is 28.1 Å². The number of amides is 1. The summed E-state index contributed by atoms with van der Waals surface area (Å²) < 4.78 is 7.00. The van der Waals surface area contributed by atoms with E-state index in [1.54, 1.807) is 0 Å². The van der Waals surface area contributed by atoms with E-state index in [2.05, 4.69) is 15.5 Å². The maximum Gasteiger partial charge on any atom is 0.341 e. The first-order chi connectivity index (χ1) is 17.4. The number of aryl methyl sites for hydroxylation is 1. The molecule has 0 saturated heterocycles. The van der Waals surface area contributed by atoms with Gasteiger partial charge in [-0.2, -0.15) is 0 Å². The van der Waals surface area contributed by atoms with E-state index in [-0.39, 0.29) is 11.7 Å². The lowest BCUT2D eigenvalue weighted by Gasteiger charge is -2.09. The van der Waals surface area contributed by atoms with E-state index < -0.39 is 5.97 Å². The summed E-state index contributed by atoms with van der Waals surface area (Å²) >= 11 is 8.58. The number of esters is 1. The molecule has 0 bridgehead atoms. The highest BCUT2D eigenvalue weighted by Gasteiger charge is 2.23. The number of thiophene rings is 1. The number of benzene rings is 2. The van der Waals surface area contributed by atoms with Crippen LogP contribution in [0.1, 0.15) is 34.2 Å². The molecule has 2 aromatic carbocycles. The Bertz CT molecular complexity index is 1370. The lowest BCUT2D eigenvalue weighted by molar-refractivity contribution is -0.113. The molecule has 1 amide bonds. The Hall–Kier alpha value is -3.14. The maximum atomic E-state index is 12.8. The normalized spacial score (nSPS) is 10.9. The predicted molar refractivity (Wildman–Crippen MR) is 145 cm³/mol. The molecule has 0 fully saturated rings. The van der Waals surface area contributed by atoms with Crippen molar-refractivity contribution >= 4 is 51.6 Å². The van der Waals surface area contributed by atoms with Gasteiger partial charge in [0.15, 0.2) is 5.16 Å². The fraction of sp³-hybridized carbons (Fsp3) is 0.231. The minimum Gasteiger partial charge on any atom is -0.465 e. The third kappa shape index (κ3) is 5.98. The van der Waals surface area contributed by atoms with Gasteiger partial charge in [0.25, 0.3) is 0 Å². The monoisotopic (exact) mass is 540 g/mol. The van der Waals surface area contributed by atoms with E-state index >= 15 is 0 Å². The molecule has 7 nitrogen and oxygen atoms in total. The minimum atomic E-state index is -0.493. The molecule has 1 N–H and O–H groups in total. The standard InChI is InChI=1S/C26H25ClN4O3S2/c1-4-31-21(13-17-7-11-19(27)12-8-17)29-30-26(31)36-15-22(32)28-24-23(25(33)34-3)20(14-35-24)18-9-5-16(2)6-10-18/h5-12,14H,4,13,15H2,1-3H3,(H,28,32). The second-order valence-corrected chi connectivity index (χ2v) is 10.3. The van der Waals surface area contributed by atoms with Gasteiger partial charge < -0.3 is 14.6 Å². The first-order valence-electron chi connectivity index (χ1n) is 11.3. The summed E-state index contributed by atoms with van der Waals surface area (Å²) in [5.41, 5.74) is 4.17. The van der Waals surface area contributed by atoms with E-state index in [1.807, 2.05) is 72.3 Å². The van der Waals surface area contributed by atoms with Gasteiger partial charge >= 0.3 is 5.97 Å². The second-order valence-electron chi connectivity index (χ2n) is 7.99. The van der Waals surface area contributed by atoms with Crippen LogP contribution in [0, 0.1) is 6.92 Å². The summed E-state index contributed by atoms with van der Waals surface area (Å²) in [7, 11) is 1.33. The number of carbonyl (C=O) groups excluding carboxylic acids is 2. The number of carbonyl (C=O) groups is 2. The van der Waals surface area contributed by atoms with Gasteiger partial charge in [-0.05, 0) is 37.1 Å². The van der Waals surface area contributed by atoms with Crippen LogP contribution in [0.3, 0.4) is 0 Å². The Labute approximate surface area is 222 Å². The molecule has 0 aliphatic rings. The number of ether oxygens (including phenoxy) is 1. The zero-order valence-corrected chi connectivity index (χ0v) is 22.5.